The Morgan fingerprint density at radius 2 is 1.88 bits per heavy atom. The van der Waals surface area contributed by atoms with E-state index in [4.69, 9.17) is 5.11 Å². The molecule has 1 heterocycles. The monoisotopic (exact) mass is 259 g/mol. The van der Waals surface area contributed by atoms with E-state index >= 15 is 0 Å². The van der Waals surface area contributed by atoms with Gasteiger partial charge >= 0.3 is 7.25 Å². The van der Waals surface area contributed by atoms with Crippen molar-refractivity contribution in [3.8, 4) is 0 Å². The second-order valence-electron chi connectivity index (χ2n) is 2.81. The van der Waals surface area contributed by atoms with Gasteiger partial charge in [0, 0.05) is 12.1 Å². The molecule has 0 aliphatic heterocycles. The molecule has 0 atom stereocenters. The van der Waals surface area contributed by atoms with E-state index in [0.29, 0.717) is 12.4 Å². The van der Waals surface area contributed by atoms with Gasteiger partial charge < -0.3 is 22.4 Å². The van der Waals surface area contributed by atoms with Crippen molar-refractivity contribution in [2.75, 3.05) is 18.5 Å². The predicted octanol–water partition coefficient (Wildman–Crippen LogP) is 0.749. The summed E-state index contributed by atoms with van der Waals surface area (Å²) in [7, 11) is -4.37. The minimum atomic E-state index is -6.00. The van der Waals surface area contributed by atoms with Crippen molar-refractivity contribution in [2.45, 2.75) is 0 Å². The van der Waals surface area contributed by atoms with Crippen molar-refractivity contribution in [1.82, 2.24) is 5.10 Å². The van der Waals surface area contributed by atoms with Gasteiger partial charge in [-0.1, -0.05) is 5.10 Å². The van der Waals surface area contributed by atoms with Crippen molar-refractivity contribution in [3.63, 3.8) is 0 Å². The smallest absolute Gasteiger partial charge is 0.418 e. The summed E-state index contributed by atoms with van der Waals surface area (Å²) in [6, 6.07) is 2.83. The number of aryl methyl sites for hydroxylation is 1. The second-order valence-corrected chi connectivity index (χ2v) is 2.81. The van der Waals surface area contributed by atoms with Crippen LogP contribution in [0.15, 0.2) is 12.1 Å². The Morgan fingerprint density at radius 3 is 2.29 bits per heavy atom. The van der Waals surface area contributed by atoms with E-state index in [-0.39, 0.29) is 6.61 Å². The fourth-order valence-corrected chi connectivity index (χ4v) is 0.843. The molecule has 1 rings (SSSR count). The maximum atomic E-state index is 12.5. The Morgan fingerprint density at radius 1 is 1.35 bits per heavy atom. The van der Waals surface area contributed by atoms with Crippen LogP contribution in [0.5, 0.6) is 0 Å². The number of nitrogens with one attached hydrogen (secondary N) is 1. The van der Waals surface area contributed by atoms with Crippen LogP contribution in [0, 0.1) is 5.95 Å². The molecule has 0 saturated carbocycles. The van der Waals surface area contributed by atoms with Crippen molar-refractivity contribution >= 4 is 13.1 Å². The van der Waals surface area contributed by atoms with Crippen LogP contribution in [0.3, 0.4) is 0 Å². The van der Waals surface area contributed by atoms with Crippen LogP contribution in [0.2, 0.25) is 0 Å². The molecule has 4 nitrogen and oxygen atoms in total. The summed E-state index contributed by atoms with van der Waals surface area (Å²) in [5.41, 5.74) is 0. The van der Waals surface area contributed by atoms with Crippen molar-refractivity contribution in [2.24, 2.45) is 7.05 Å². The van der Waals surface area contributed by atoms with Crippen LogP contribution in [0.25, 0.3) is 0 Å². The number of halogens is 5. The minimum Gasteiger partial charge on any atom is -0.418 e. The molecule has 1 aromatic rings. The van der Waals surface area contributed by atoms with Crippen LogP contribution in [-0.2, 0) is 7.05 Å². The third-order valence-electron chi connectivity index (χ3n) is 1.39. The molecule has 0 bridgehead atoms. The highest BCUT2D eigenvalue weighted by atomic mass is 19.5. The number of hydrogen-bond acceptors (Lipinski definition) is 3. The van der Waals surface area contributed by atoms with Crippen LogP contribution in [0.1, 0.15) is 0 Å². The fraction of sp³-hybridized carbons (Fsp3) is 0.429. The lowest BCUT2D eigenvalue weighted by Crippen LogP contribution is -2.37. The van der Waals surface area contributed by atoms with E-state index in [1.165, 1.54) is 10.7 Å². The van der Waals surface area contributed by atoms with E-state index in [1.54, 1.807) is 13.1 Å². The molecule has 0 radical (unpaired) electrons. The molecule has 0 aliphatic carbocycles. The van der Waals surface area contributed by atoms with Gasteiger partial charge in [-0.15, -0.1) is 4.68 Å². The summed E-state index contributed by atoms with van der Waals surface area (Å²) in [6.07, 6.45) is 0. The summed E-state index contributed by atoms with van der Waals surface area (Å²) < 4.78 is 52.8. The van der Waals surface area contributed by atoms with Gasteiger partial charge in [0.1, 0.15) is 13.6 Å². The van der Waals surface area contributed by atoms with E-state index in [0.717, 1.165) is 0 Å². The number of aliphatic hydroxyl groups excluding tert-OH is 1. The molecule has 0 fully saturated rings. The van der Waals surface area contributed by atoms with Crippen molar-refractivity contribution < 1.29 is 31.4 Å². The SMILES string of the molecule is C[n+]1nc(F)ccc1NCCO.F[B-](F)(F)F. The predicted molar refractivity (Wildman–Crippen MR) is 51.1 cm³/mol. The molecule has 0 aliphatic rings. The second kappa shape index (κ2) is 6.99. The van der Waals surface area contributed by atoms with E-state index in [1.807, 2.05) is 0 Å². The number of nitrogens with zero attached hydrogens (tertiary/aromatic N) is 2. The Labute approximate surface area is 94.2 Å². The van der Waals surface area contributed by atoms with Crippen LogP contribution >= 0.6 is 0 Å². The quantitative estimate of drug-likeness (QED) is 0.478. The van der Waals surface area contributed by atoms with Crippen LogP contribution in [-0.4, -0.2) is 30.6 Å². The minimum absolute atomic E-state index is 0.0391. The first-order valence-corrected chi connectivity index (χ1v) is 4.49. The van der Waals surface area contributed by atoms with E-state index in [9.17, 15) is 21.7 Å². The molecule has 0 spiro atoms. The molecule has 0 amide bonds. The van der Waals surface area contributed by atoms with Crippen LogP contribution < -0.4 is 10.00 Å². The zero-order valence-corrected chi connectivity index (χ0v) is 8.88. The number of hydrogen-bond donors (Lipinski definition) is 2. The Bertz CT molecular complexity index is 343. The van der Waals surface area contributed by atoms with Gasteiger partial charge in [0.2, 0.25) is 0 Å². The van der Waals surface area contributed by atoms with Gasteiger partial charge in [-0.3, -0.25) is 5.32 Å². The molecule has 98 valence electrons. The normalized spacial score (nSPS) is 10.5. The van der Waals surface area contributed by atoms with Gasteiger partial charge in [-0.05, 0) is 0 Å². The zero-order chi connectivity index (χ0) is 13.5. The number of aliphatic hydroxyl groups is 1. The summed E-state index contributed by atoms with van der Waals surface area (Å²) >= 11 is 0. The largest absolute Gasteiger partial charge is 0.673 e. The van der Waals surface area contributed by atoms with Gasteiger partial charge in [-0.25, -0.2) is 0 Å². The number of aromatic nitrogens is 2. The average Bonchev–Trinajstić information content (AvgIpc) is 2.14. The molecule has 0 saturated heterocycles. The Hall–Kier alpha value is -1.45. The van der Waals surface area contributed by atoms with Gasteiger partial charge in [0.25, 0.3) is 11.8 Å². The molecule has 1 aromatic heterocycles. The molecule has 17 heavy (non-hydrogen) atoms. The van der Waals surface area contributed by atoms with Crippen molar-refractivity contribution in [3.05, 3.63) is 18.1 Å². The maximum Gasteiger partial charge on any atom is 0.673 e. The average molecular weight is 259 g/mol. The summed E-state index contributed by atoms with van der Waals surface area (Å²) in [4.78, 5) is 0. The maximum absolute atomic E-state index is 12.5. The summed E-state index contributed by atoms with van der Waals surface area (Å²) in [5.74, 6) is 0.150. The Balaban J connectivity index is 0.000000437. The highest BCUT2D eigenvalue weighted by molar-refractivity contribution is 6.50. The Kier molecular flexibility index (Phi) is 6.40. The molecule has 10 heteroatoms. The van der Waals surface area contributed by atoms with Gasteiger partial charge in [0.05, 0.1) is 6.61 Å². The molecular weight excluding hydrogens is 248 g/mol. The molecule has 0 unspecified atom stereocenters. The first-order chi connectivity index (χ1) is 7.74. The lowest BCUT2D eigenvalue weighted by Gasteiger charge is -1.98. The van der Waals surface area contributed by atoms with Gasteiger partial charge in [-0.2, -0.15) is 4.39 Å². The highest BCUT2D eigenvalue weighted by Crippen LogP contribution is 2.06. The first-order valence-electron chi connectivity index (χ1n) is 4.49. The topological polar surface area (TPSA) is 49.0 Å². The number of rotatable bonds is 3. The lowest BCUT2D eigenvalue weighted by molar-refractivity contribution is -0.719. The lowest BCUT2D eigenvalue weighted by atomic mass is 10.3. The third-order valence-corrected chi connectivity index (χ3v) is 1.39. The van der Waals surface area contributed by atoms with E-state index < -0.39 is 13.2 Å². The zero-order valence-electron chi connectivity index (χ0n) is 8.88. The molecule has 2 N–H and O–H groups in total. The summed E-state index contributed by atoms with van der Waals surface area (Å²) in [5, 5.41) is 14.9. The van der Waals surface area contributed by atoms with Crippen molar-refractivity contribution in [1.29, 1.82) is 0 Å². The molecular formula is C7H11BF5N3O. The van der Waals surface area contributed by atoms with Gasteiger partial charge in [0.15, 0.2) is 0 Å². The standard InChI is InChI=1S/C7H10FN3O.BF4/c1-11-7(9-4-5-12)3-2-6(8)10-11;2-1(3,4)5/h2-3,12H,4-5H2,1H3;/q;-1/p+1. The fourth-order valence-electron chi connectivity index (χ4n) is 0.843. The van der Waals surface area contributed by atoms with Crippen LogP contribution in [0.4, 0.5) is 27.5 Å². The van der Waals surface area contributed by atoms with E-state index in [2.05, 4.69) is 10.4 Å². The number of anilines is 1. The first kappa shape index (κ1) is 15.6. The summed E-state index contributed by atoms with van der Waals surface area (Å²) in [6.45, 7) is 0.471. The molecule has 0 aromatic carbocycles. The highest BCUT2D eigenvalue weighted by Gasteiger charge is 2.20. The third kappa shape index (κ3) is 9.48.